The number of amides is 4. The van der Waals surface area contributed by atoms with Crippen molar-refractivity contribution in [3.05, 3.63) is 65.7 Å². The molecule has 0 bridgehead atoms. The highest BCUT2D eigenvalue weighted by Gasteiger charge is 2.51. The Kier molecular flexibility index (Phi) is 8.33. The van der Waals surface area contributed by atoms with Gasteiger partial charge in [-0.1, -0.05) is 63.2 Å². The molecule has 198 valence electrons. The molecule has 2 N–H and O–H groups in total. The standard InChI is InChI=1S/C28H37N5O4/c1-4-31-19-26(35)32-24(16-21-10-12-23(34)13-11-21)27(36)30(15-14-20(2)3)18-25(32)33(31)28(37)29-17-22-8-6-5-7-9-22/h5-13,20,24-25,34H,4,14-19H2,1-3H3,(H,29,37)/t24-,25-/m0/s1. The summed E-state index contributed by atoms with van der Waals surface area (Å²) in [6, 6.07) is 15.3. The van der Waals surface area contributed by atoms with Crippen LogP contribution in [0.4, 0.5) is 4.79 Å². The van der Waals surface area contributed by atoms with Crippen molar-refractivity contribution < 1.29 is 19.5 Å². The monoisotopic (exact) mass is 507 g/mol. The number of nitrogens with one attached hydrogen (secondary N) is 1. The molecule has 4 amide bonds. The summed E-state index contributed by atoms with van der Waals surface area (Å²) >= 11 is 0. The fourth-order valence-electron chi connectivity index (χ4n) is 4.99. The Hall–Kier alpha value is -3.59. The second-order valence-electron chi connectivity index (χ2n) is 10.1. The van der Waals surface area contributed by atoms with E-state index in [-0.39, 0.29) is 36.7 Å². The number of phenols is 1. The number of carbonyl (C=O) groups excluding carboxylic acids is 3. The quantitative estimate of drug-likeness (QED) is 0.573. The van der Waals surface area contributed by atoms with Crippen LogP contribution in [0.1, 0.15) is 38.3 Å². The van der Waals surface area contributed by atoms with Gasteiger partial charge in [0.2, 0.25) is 11.8 Å². The Labute approximate surface area is 218 Å². The molecule has 2 aromatic rings. The third-order valence-electron chi connectivity index (χ3n) is 7.03. The number of hydrogen-bond donors (Lipinski definition) is 2. The summed E-state index contributed by atoms with van der Waals surface area (Å²) < 4.78 is 0. The fourth-order valence-corrected chi connectivity index (χ4v) is 4.99. The first kappa shape index (κ1) is 26.5. The zero-order valence-corrected chi connectivity index (χ0v) is 21.8. The summed E-state index contributed by atoms with van der Waals surface area (Å²) in [5, 5.41) is 16.1. The van der Waals surface area contributed by atoms with Crippen molar-refractivity contribution in [2.45, 2.75) is 52.4 Å². The first-order valence-electron chi connectivity index (χ1n) is 13.0. The van der Waals surface area contributed by atoms with Gasteiger partial charge >= 0.3 is 6.03 Å². The van der Waals surface area contributed by atoms with Gasteiger partial charge in [-0.15, -0.1) is 0 Å². The van der Waals surface area contributed by atoms with Gasteiger partial charge in [-0.05, 0) is 35.6 Å². The number of fused-ring (bicyclic) bond motifs is 1. The summed E-state index contributed by atoms with van der Waals surface area (Å²) in [7, 11) is 0. The molecular formula is C28H37N5O4. The molecule has 37 heavy (non-hydrogen) atoms. The molecule has 2 aliphatic rings. The minimum absolute atomic E-state index is 0.0249. The SMILES string of the molecule is CCN1CC(=O)N2[C@@H](Cc3ccc(O)cc3)C(=O)N(CCC(C)C)C[C@@H]2N1C(=O)NCc1ccccc1. The number of aromatic hydroxyl groups is 1. The number of phenolic OH excluding ortho intramolecular Hbond substituents is 1. The molecule has 0 aromatic heterocycles. The number of rotatable bonds is 8. The second-order valence-corrected chi connectivity index (χ2v) is 10.1. The molecule has 4 rings (SSSR count). The maximum atomic E-state index is 13.7. The molecule has 9 heteroatoms. The summed E-state index contributed by atoms with van der Waals surface area (Å²) in [5.41, 5.74) is 1.82. The van der Waals surface area contributed by atoms with Gasteiger partial charge in [0, 0.05) is 26.1 Å². The highest BCUT2D eigenvalue weighted by molar-refractivity contribution is 5.91. The molecule has 0 spiro atoms. The molecule has 0 unspecified atom stereocenters. The summed E-state index contributed by atoms with van der Waals surface area (Å²) in [6.45, 7) is 7.84. The van der Waals surface area contributed by atoms with Gasteiger partial charge in [0.15, 0.2) is 0 Å². The molecule has 2 atom stereocenters. The number of likely N-dealkylation sites (N-methyl/N-ethyl adjacent to an activating group) is 1. The van der Waals surface area contributed by atoms with E-state index in [1.165, 1.54) is 0 Å². The summed E-state index contributed by atoms with van der Waals surface area (Å²) in [5.74, 6) is 0.281. The zero-order chi connectivity index (χ0) is 26.5. The largest absolute Gasteiger partial charge is 0.508 e. The minimum atomic E-state index is -0.730. The van der Waals surface area contributed by atoms with Gasteiger partial charge in [-0.25, -0.2) is 14.8 Å². The van der Waals surface area contributed by atoms with Crippen molar-refractivity contribution in [2.24, 2.45) is 5.92 Å². The number of nitrogens with zero attached hydrogens (tertiary/aromatic N) is 4. The molecule has 2 aromatic carbocycles. The van der Waals surface area contributed by atoms with Crippen LogP contribution in [0.3, 0.4) is 0 Å². The van der Waals surface area contributed by atoms with Crippen LogP contribution in [0.25, 0.3) is 0 Å². The molecule has 2 heterocycles. The average Bonchev–Trinajstić information content (AvgIpc) is 2.89. The minimum Gasteiger partial charge on any atom is -0.508 e. The van der Waals surface area contributed by atoms with Crippen molar-refractivity contribution in [2.75, 3.05) is 26.2 Å². The normalized spacial score (nSPS) is 20.4. The second kappa shape index (κ2) is 11.6. The van der Waals surface area contributed by atoms with Gasteiger partial charge in [-0.2, -0.15) is 0 Å². The van der Waals surface area contributed by atoms with Crippen LogP contribution < -0.4 is 5.32 Å². The lowest BCUT2D eigenvalue weighted by molar-refractivity contribution is -0.189. The van der Waals surface area contributed by atoms with E-state index < -0.39 is 12.2 Å². The van der Waals surface area contributed by atoms with Crippen molar-refractivity contribution in [1.29, 1.82) is 0 Å². The van der Waals surface area contributed by atoms with E-state index in [0.29, 0.717) is 32.0 Å². The Bertz CT molecular complexity index is 1090. The van der Waals surface area contributed by atoms with Crippen LogP contribution in [-0.2, 0) is 22.6 Å². The van der Waals surface area contributed by atoms with Gasteiger partial charge < -0.3 is 20.2 Å². The van der Waals surface area contributed by atoms with Crippen LogP contribution in [0.5, 0.6) is 5.75 Å². The average molecular weight is 508 g/mol. The first-order valence-corrected chi connectivity index (χ1v) is 13.0. The van der Waals surface area contributed by atoms with Crippen molar-refractivity contribution >= 4 is 17.8 Å². The number of hydrazine groups is 1. The Morgan fingerprint density at radius 2 is 1.76 bits per heavy atom. The van der Waals surface area contributed by atoms with Crippen LogP contribution in [0.2, 0.25) is 0 Å². The summed E-state index contributed by atoms with van der Waals surface area (Å²) in [6.07, 6.45) is 0.533. The number of hydrogen-bond acceptors (Lipinski definition) is 5. The van der Waals surface area contributed by atoms with Crippen molar-refractivity contribution in [1.82, 2.24) is 25.1 Å². The molecule has 2 aliphatic heterocycles. The third kappa shape index (κ3) is 6.05. The summed E-state index contributed by atoms with van der Waals surface area (Å²) in [4.78, 5) is 44.1. The van der Waals surface area contributed by atoms with Crippen LogP contribution in [0, 0.1) is 5.92 Å². The number of carbonyl (C=O) groups is 3. The van der Waals surface area contributed by atoms with Crippen LogP contribution in [-0.4, -0.2) is 81.2 Å². The maximum Gasteiger partial charge on any atom is 0.334 e. The highest BCUT2D eigenvalue weighted by atomic mass is 16.3. The van der Waals surface area contributed by atoms with E-state index in [2.05, 4.69) is 19.2 Å². The molecular weight excluding hydrogens is 470 g/mol. The van der Waals surface area contributed by atoms with E-state index in [1.54, 1.807) is 44.1 Å². The Morgan fingerprint density at radius 3 is 2.41 bits per heavy atom. The number of piperazine rings is 1. The molecule has 2 fully saturated rings. The highest BCUT2D eigenvalue weighted by Crippen LogP contribution is 2.29. The van der Waals surface area contributed by atoms with Crippen LogP contribution in [0.15, 0.2) is 54.6 Å². The van der Waals surface area contributed by atoms with E-state index in [1.807, 2.05) is 37.3 Å². The van der Waals surface area contributed by atoms with E-state index >= 15 is 0 Å². The molecule has 0 saturated carbocycles. The molecule has 0 radical (unpaired) electrons. The predicted octanol–water partition coefficient (Wildman–Crippen LogP) is 2.81. The zero-order valence-electron chi connectivity index (χ0n) is 21.8. The fraction of sp³-hybridized carbons (Fsp3) is 0.464. The van der Waals surface area contributed by atoms with E-state index in [9.17, 15) is 19.5 Å². The third-order valence-corrected chi connectivity index (χ3v) is 7.03. The number of urea groups is 1. The van der Waals surface area contributed by atoms with Gasteiger partial charge in [-0.3, -0.25) is 9.59 Å². The van der Waals surface area contributed by atoms with Gasteiger partial charge in [0.1, 0.15) is 18.0 Å². The molecule has 2 saturated heterocycles. The van der Waals surface area contributed by atoms with Gasteiger partial charge in [0.05, 0.1) is 13.1 Å². The van der Waals surface area contributed by atoms with Crippen molar-refractivity contribution in [3.63, 3.8) is 0 Å². The van der Waals surface area contributed by atoms with Gasteiger partial charge in [0.25, 0.3) is 0 Å². The molecule has 0 aliphatic carbocycles. The van der Waals surface area contributed by atoms with Crippen LogP contribution >= 0.6 is 0 Å². The molecule has 9 nitrogen and oxygen atoms in total. The smallest absolute Gasteiger partial charge is 0.334 e. The van der Waals surface area contributed by atoms with E-state index in [0.717, 1.165) is 17.5 Å². The van der Waals surface area contributed by atoms with E-state index in [4.69, 9.17) is 0 Å². The number of benzene rings is 2. The lowest BCUT2D eigenvalue weighted by Crippen LogP contribution is -2.76. The lowest BCUT2D eigenvalue weighted by Gasteiger charge is -2.55. The topological polar surface area (TPSA) is 96.4 Å². The van der Waals surface area contributed by atoms with Crippen molar-refractivity contribution in [3.8, 4) is 5.75 Å². The predicted molar refractivity (Wildman–Crippen MR) is 140 cm³/mol. The Morgan fingerprint density at radius 1 is 1.05 bits per heavy atom. The maximum absolute atomic E-state index is 13.7. The lowest BCUT2D eigenvalue weighted by atomic mass is 9.98. The Balaban J connectivity index is 1.64. The first-order chi connectivity index (χ1) is 17.8.